The minimum absolute atomic E-state index is 0.100. The van der Waals surface area contributed by atoms with E-state index in [2.05, 4.69) is 4.98 Å². The van der Waals surface area contributed by atoms with Crippen molar-refractivity contribution >= 4 is 52.0 Å². The number of Topliss-reactive ketones (excluding diaryl/α,β-unsaturated/α-hetero) is 1. The number of ether oxygens (including phenoxy) is 1. The molecule has 9 heteroatoms. The number of carbonyl (C=O) groups is 2. The van der Waals surface area contributed by atoms with Crippen LogP contribution in [0, 0.1) is 0 Å². The van der Waals surface area contributed by atoms with E-state index in [4.69, 9.17) is 27.9 Å². The number of likely N-dealkylation sites (tertiary alicyclic amines) is 1. The Kier molecular flexibility index (Phi) is 6.00. The molecule has 1 atom stereocenters. The number of aliphatic hydroxyl groups is 1. The molecular formula is C22H16Cl2N2O4S. The van der Waals surface area contributed by atoms with E-state index in [-0.39, 0.29) is 33.5 Å². The second-order valence-electron chi connectivity index (χ2n) is 6.73. The molecule has 1 aliphatic heterocycles. The van der Waals surface area contributed by atoms with Crippen molar-refractivity contribution < 1.29 is 19.4 Å². The summed E-state index contributed by atoms with van der Waals surface area (Å²) in [6.07, 6.45) is 1.57. The number of carbonyl (C=O) groups excluding carboxylic acids is 2. The van der Waals surface area contributed by atoms with E-state index in [0.29, 0.717) is 5.69 Å². The zero-order valence-corrected chi connectivity index (χ0v) is 18.5. The van der Waals surface area contributed by atoms with E-state index >= 15 is 0 Å². The number of benzene rings is 1. The van der Waals surface area contributed by atoms with E-state index in [1.165, 1.54) is 35.5 Å². The average molecular weight is 475 g/mol. The van der Waals surface area contributed by atoms with Crippen LogP contribution in [0.1, 0.15) is 22.2 Å². The molecule has 3 heterocycles. The predicted octanol–water partition coefficient (Wildman–Crippen LogP) is 5.08. The van der Waals surface area contributed by atoms with Crippen molar-refractivity contribution in [2.24, 2.45) is 0 Å². The maximum atomic E-state index is 13.1. The van der Waals surface area contributed by atoms with Gasteiger partial charge in [0.1, 0.15) is 17.6 Å². The van der Waals surface area contributed by atoms with Gasteiger partial charge in [0.2, 0.25) is 0 Å². The number of ketones is 1. The van der Waals surface area contributed by atoms with Gasteiger partial charge in [-0.2, -0.15) is 0 Å². The molecule has 0 saturated carbocycles. The van der Waals surface area contributed by atoms with Crippen LogP contribution in [0.25, 0.3) is 5.76 Å². The molecule has 0 aliphatic carbocycles. The van der Waals surface area contributed by atoms with Crippen LogP contribution in [-0.2, 0) is 16.1 Å². The van der Waals surface area contributed by atoms with Crippen LogP contribution < -0.4 is 4.74 Å². The molecule has 1 aromatic carbocycles. The Labute approximate surface area is 192 Å². The molecule has 31 heavy (non-hydrogen) atoms. The number of hydrogen-bond acceptors (Lipinski definition) is 6. The first kappa shape index (κ1) is 21.4. The number of hydrogen-bond donors (Lipinski definition) is 1. The SMILES string of the molecule is COc1c(Cl)cc(Cl)cc1/C(O)=C1\C(=O)C(=O)N(Cc2cccs2)C1c1ccccn1. The molecule has 0 bridgehead atoms. The molecule has 1 unspecified atom stereocenters. The molecule has 1 amide bonds. The van der Waals surface area contributed by atoms with Crippen LogP contribution in [0.4, 0.5) is 0 Å². The lowest BCUT2D eigenvalue weighted by atomic mass is 9.98. The Morgan fingerprint density at radius 2 is 2.03 bits per heavy atom. The maximum Gasteiger partial charge on any atom is 0.296 e. The highest BCUT2D eigenvalue weighted by atomic mass is 35.5. The van der Waals surface area contributed by atoms with Crippen molar-refractivity contribution in [2.45, 2.75) is 12.6 Å². The maximum absolute atomic E-state index is 13.1. The number of pyridine rings is 1. The topological polar surface area (TPSA) is 79.7 Å². The Balaban J connectivity index is 1.93. The molecule has 1 aliphatic rings. The molecule has 0 spiro atoms. The van der Waals surface area contributed by atoms with Gasteiger partial charge in [0, 0.05) is 16.1 Å². The molecule has 1 saturated heterocycles. The Morgan fingerprint density at radius 3 is 2.68 bits per heavy atom. The van der Waals surface area contributed by atoms with Crippen molar-refractivity contribution in [1.82, 2.24) is 9.88 Å². The molecule has 1 fully saturated rings. The fourth-order valence-electron chi connectivity index (χ4n) is 3.55. The highest BCUT2D eigenvalue weighted by Gasteiger charge is 2.47. The normalized spacial score (nSPS) is 17.9. The van der Waals surface area contributed by atoms with Gasteiger partial charge in [-0.3, -0.25) is 14.6 Å². The Morgan fingerprint density at radius 1 is 1.23 bits per heavy atom. The number of aromatic nitrogens is 1. The van der Waals surface area contributed by atoms with Crippen LogP contribution in [0.5, 0.6) is 5.75 Å². The van der Waals surface area contributed by atoms with Gasteiger partial charge in [-0.15, -0.1) is 11.3 Å². The van der Waals surface area contributed by atoms with Crippen molar-refractivity contribution in [3.8, 4) is 5.75 Å². The number of methoxy groups -OCH3 is 1. The minimum atomic E-state index is -0.884. The molecule has 6 nitrogen and oxygen atoms in total. The molecule has 0 radical (unpaired) electrons. The van der Waals surface area contributed by atoms with E-state index in [1.807, 2.05) is 17.5 Å². The quantitative estimate of drug-likeness (QED) is 0.316. The van der Waals surface area contributed by atoms with Gasteiger partial charge < -0.3 is 14.7 Å². The second kappa shape index (κ2) is 8.70. The number of nitrogens with zero attached hydrogens (tertiary/aromatic N) is 2. The summed E-state index contributed by atoms with van der Waals surface area (Å²) < 4.78 is 5.32. The van der Waals surface area contributed by atoms with Crippen molar-refractivity contribution in [3.63, 3.8) is 0 Å². The number of rotatable bonds is 5. The summed E-state index contributed by atoms with van der Waals surface area (Å²) in [6, 6.07) is 10.9. The van der Waals surface area contributed by atoms with E-state index < -0.39 is 23.5 Å². The third-order valence-electron chi connectivity index (χ3n) is 4.88. The molecular weight excluding hydrogens is 459 g/mol. The second-order valence-corrected chi connectivity index (χ2v) is 8.61. The first-order valence-corrected chi connectivity index (χ1v) is 10.8. The molecule has 1 N–H and O–H groups in total. The van der Waals surface area contributed by atoms with Gasteiger partial charge >= 0.3 is 0 Å². The van der Waals surface area contributed by atoms with E-state index in [0.717, 1.165) is 4.88 Å². The van der Waals surface area contributed by atoms with Gasteiger partial charge in [0.25, 0.3) is 11.7 Å². The summed E-state index contributed by atoms with van der Waals surface area (Å²) in [5.41, 5.74) is 0.471. The van der Waals surface area contributed by atoms with E-state index in [1.54, 1.807) is 24.4 Å². The third kappa shape index (κ3) is 3.92. The smallest absolute Gasteiger partial charge is 0.296 e. The summed E-state index contributed by atoms with van der Waals surface area (Å²) in [7, 11) is 1.39. The summed E-state index contributed by atoms with van der Waals surface area (Å²) in [5.74, 6) is -1.82. The van der Waals surface area contributed by atoms with Crippen LogP contribution in [0.2, 0.25) is 10.0 Å². The van der Waals surface area contributed by atoms with Crippen LogP contribution in [-0.4, -0.2) is 33.8 Å². The Bertz CT molecular complexity index is 1180. The first-order valence-electron chi connectivity index (χ1n) is 9.17. The molecule has 158 valence electrons. The monoisotopic (exact) mass is 474 g/mol. The lowest BCUT2D eigenvalue weighted by molar-refractivity contribution is -0.140. The number of aliphatic hydroxyl groups excluding tert-OH is 1. The zero-order chi connectivity index (χ0) is 22.1. The van der Waals surface area contributed by atoms with Crippen molar-refractivity contribution in [3.05, 3.63) is 85.8 Å². The van der Waals surface area contributed by atoms with Gasteiger partial charge in [0.05, 0.1) is 35.5 Å². The number of amides is 1. The largest absolute Gasteiger partial charge is 0.507 e. The molecule has 4 rings (SSSR count). The summed E-state index contributed by atoms with van der Waals surface area (Å²) in [6.45, 7) is 0.202. The van der Waals surface area contributed by atoms with Gasteiger partial charge in [-0.25, -0.2) is 0 Å². The van der Waals surface area contributed by atoms with Crippen molar-refractivity contribution in [2.75, 3.05) is 7.11 Å². The predicted molar refractivity (Wildman–Crippen MR) is 119 cm³/mol. The number of halogens is 2. The summed E-state index contributed by atoms with van der Waals surface area (Å²) in [5, 5.41) is 13.5. The van der Waals surface area contributed by atoms with Crippen molar-refractivity contribution in [1.29, 1.82) is 0 Å². The summed E-state index contributed by atoms with van der Waals surface area (Å²) in [4.78, 5) is 32.7. The third-order valence-corrected chi connectivity index (χ3v) is 6.24. The number of thiophene rings is 1. The standard InChI is InChI=1S/C22H16Cl2N2O4S/c1-30-21-14(9-12(23)10-15(21)24)19(27)17-18(16-6-2-3-7-25-16)26(22(29)20(17)28)11-13-5-4-8-31-13/h2-10,18,27H,11H2,1H3/b19-17+. The summed E-state index contributed by atoms with van der Waals surface area (Å²) >= 11 is 13.8. The minimum Gasteiger partial charge on any atom is -0.507 e. The highest BCUT2D eigenvalue weighted by Crippen LogP contribution is 2.43. The Hall–Kier alpha value is -2.87. The highest BCUT2D eigenvalue weighted by molar-refractivity contribution is 7.09. The van der Waals surface area contributed by atoms with Crippen LogP contribution in [0.3, 0.4) is 0 Å². The lowest BCUT2D eigenvalue weighted by Crippen LogP contribution is -2.29. The first-order chi connectivity index (χ1) is 14.9. The molecule has 3 aromatic rings. The fraction of sp³-hybridized carbons (Fsp3) is 0.136. The van der Waals surface area contributed by atoms with Crippen LogP contribution in [0.15, 0.2) is 59.6 Å². The van der Waals surface area contributed by atoms with Gasteiger partial charge in [-0.05, 0) is 35.7 Å². The van der Waals surface area contributed by atoms with Gasteiger partial charge in [-0.1, -0.05) is 35.3 Å². The fourth-order valence-corrected chi connectivity index (χ4v) is 4.82. The molecule has 2 aromatic heterocycles. The lowest BCUT2D eigenvalue weighted by Gasteiger charge is -2.24. The van der Waals surface area contributed by atoms with E-state index in [9.17, 15) is 14.7 Å². The average Bonchev–Trinajstić information content (AvgIpc) is 3.36. The van der Waals surface area contributed by atoms with Gasteiger partial charge in [0.15, 0.2) is 0 Å². The van der Waals surface area contributed by atoms with Crippen LogP contribution >= 0.6 is 34.5 Å². The zero-order valence-electron chi connectivity index (χ0n) is 16.2.